The topological polar surface area (TPSA) is 18.5 Å². The van der Waals surface area contributed by atoms with Crippen LogP contribution in [0.15, 0.2) is 83.0 Å². The Morgan fingerprint density at radius 2 is 0.943 bits per heavy atom. The number of hydrogen-bond acceptors (Lipinski definition) is 2. The first kappa shape index (κ1) is 26.0. The summed E-state index contributed by atoms with van der Waals surface area (Å²) in [5.74, 6) is 1.88. The Morgan fingerprint density at radius 3 is 1.23 bits per heavy atom. The van der Waals surface area contributed by atoms with Crippen molar-refractivity contribution in [3.05, 3.63) is 105 Å². The van der Waals surface area contributed by atoms with Crippen LogP contribution in [0.3, 0.4) is 0 Å². The van der Waals surface area contributed by atoms with Crippen LogP contribution in [0.4, 0.5) is 0 Å². The first-order chi connectivity index (χ1) is 16.3. The van der Waals surface area contributed by atoms with Gasteiger partial charge in [0.1, 0.15) is 0 Å². The van der Waals surface area contributed by atoms with E-state index in [1.54, 1.807) is 0 Å². The summed E-state index contributed by atoms with van der Waals surface area (Å²) in [6.07, 6.45) is 9.48. The molecule has 2 aliphatic carbocycles. The molecular formula is C32H40O2Zr. The van der Waals surface area contributed by atoms with E-state index in [1.807, 2.05) is 0 Å². The van der Waals surface area contributed by atoms with Crippen LogP contribution in [0.2, 0.25) is 6.25 Å². The van der Waals surface area contributed by atoms with Crippen molar-refractivity contribution in [3.63, 3.8) is 0 Å². The Morgan fingerprint density at radius 1 is 0.571 bits per heavy atom. The molecular weight excluding hydrogens is 508 g/mol. The Balaban J connectivity index is 2.06. The van der Waals surface area contributed by atoms with Gasteiger partial charge in [-0.2, -0.15) is 0 Å². The standard InChI is InChI=1S/2C8H10O.2C8H11.Zr/c2*1-6-3-4-8(9)7(2)5-6;2*1-6-4-7(2)8(3)5-6;/h2*3-5,9H,1-2H3;2*4-5H,1-3H3;/q;;;;+2/p-2. The number of allylic oxidation sites excluding steroid dienone is 8. The molecule has 2 aromatic rings. The molecule has 35 heavy (non-hydrogen) atoms. The summed E-state index contributed by atoms with van der Waals surface area (Å²) in [6.45, 7) is 22.2. The average molecular weight is 548 g/mol. The van der Waals surface area contributed by atoms with E-state index < -0.39 is 21.1 Å². The van der Waals surface area contributed by atoms with Crippen LogP contribution < -0.4 is 5.63 Å². The molecule has 184 valence electrons. The van der Waals surface area contributed by atoms with Crippen LogP contribution in [-0.4, -0.2) is 0 Å². The van der Waals surface area contributed by atoms with Gasteiger partial charge in [-0.1, -0.05) is 0 Å². The zero-order valence-electron chi connectivity index (χ0n) is 23.1. The monoisotopic (exact) mass is 546 g/mol. The van der Waals surface area contributed by atoms with Crippen LogP contribution in [0, 0.1) is 27.7 Å². The minimum atomic E-state index is -4.37. The molecule has 0 radical (unpaired) electrons. The minimum absolute atomic E-state index is 0.307. The van der Waals surface area contributed by atoms with Gasteiger partial charge in [0, 0.05) is 0 Å². The molecule has 2 unspecified atom stereocenters. The molecule has 0 heterocycles. The molecule has 0 bridgehead atoms. The Labute approximate surface area is 218 Å². The van der Waals surface area contributed by atoms with Gasteiger partial charge in [0.05, 0.1) is 0 Å². The summed E-state index contributed by atoms with van der Waals surface area (Å²) in [6, 6.07) is 13.0. The second kappa shape index (κ2) is 9.08. The summed E-state index contributed by atoms with van der Waals surface area (Å²) < 4.78 is 14.4. The van der Waals surface area contributed by atoms with E-state index in [0.29, 0.717) is 0 Å². The van der Waals surface area contributed by atoms with Crippen LogP contribution >= 0.6 is 0 Å². The van der Waals surface area contributed by atoms with E-state index in [9.17, 15) is 0 Å². The fraction of sp³-hybridized carbons (Fsp3) is 0.375. The fourth-order valence-electron chi connectivity index (χ4n) is 6.04. The molecule has 2 aliphatic rings. The number of rotatable bonds is 6. The summed E-state index contributed by atoms with van der Waals surface area (Å²) >= 11 is -4.37. The SMILES string of the molecule is CC1=C[C](C)([Zr]([O]c2ccc(C)cc2C)([O]c2ccc(C)cc2C)[C]2(C)C=C(C)C=C2C)C(C)=C1. The number of aryl methyl sites for hydroxylation is 4. The zero-order chi connectivity index (χ0) is 25.8. The van der Waals surface area contributed by atoms with Crippen LogP contribution in [0.1, 0.15) is 63.8 Å². The molecule has 0 saturated heterocycles. The van der Waals surface area contributed by atoms with Crippen LogP contribution in [0.5, 0.6) is 11.5 Å². The van der Waals surface area contributed by atoms with Gasteiger partial charge < -0.3 is 0 Å². The molecule has 0 amide bonds. The number of hydrogen-bond donors (Lipinski definition) is 0. The van der Waals surface area contributed by atoms with Crippen molar-refractivity contribution >= 4 is 0 Å². The van der Waals surface area contributed by atoms with Gasteiger partial charge in [-0.05, 0) is 0 Å². The predicted octanol–water partition coefficient (Wildman–Crippen LogP) is 9.53. The molecule has 2 aromatic carbocycles. The van der Waals surface area contributed by atoms with Crippen molar-refractivity contribution in [2.45, 2.75) is 75.5 Å². The molecule has 0 fully saturated rings. The molecule has 0 aromatic heterocycles. The van der Waals surface area contributed by atoms with E-state index in [4.69, 9.17) is 5.63 Å². The quantitative estimate of drug-likeness (QED) is 0.358. The molecule has 3 heteroatoms. The summed E-state index contributed by atoms with van der Waals surface area (Å²) in [7, 11) is 0. The maximum atomic E-state index is 7.51. The van der Waals surface area contributed by atoms with Gasteiger partial charge in [0.2, 0.25) is 0 Å². The van der Waals surface area contributed by atoms with Gasteiger partial charge >= 0.3 is 219 Å². The third-order valence-electron chi connectivity index (χ3n) is 8.10. The molecule has 2 nitrogen and oxygen atoms in total. The maximum absolute atomic E-state index is 7.51. The summed E-state index contributed by atoms with van der Waals surface area (Å²) in [5.41, 5.74) is 10.0. The van der Waals surface area contributed by atoms with Gasteiger partial charge in [0.15, 0.2) is 0 Å². The first-order valence-electron chi connectivity index (χ1n) is 12.6. The van der Waals surface area contributed by atoms with E-state index in [-0.39, 0.29) is 6.25 Å². The third kappa shape index (κ3) is 4.25. The Hall–Kier alpha value is -2.12. The normalized spacial score (nSPS) is 24.1. The van der Waals surface area contributed by atoms with Gasteiger partial charge in [-0.25, -0.2) is 0 Å². The van der Waals surface area contributed by atoms with Crippen molar-refractivity contribution in [2.24, 2.45) is 0 Å². The second-order valence-corrected chi connectivity index (χ2v) is 20.3. The summed E-state index contributed by atoms with van der Waals surface area (Å²) in [4.78, 5) is 0. The Kier molecular flexibility index (Phi) is 6.73. The van der Waals surface area contributed by atoms with Crippen LogP contribution in [-0.2, 0) is 21.1 Å². The van der Waals surface area contributed by atoms with Gasteiger partial charge in [0.25, 0.3) is 0 Å². The number of benzene rings is 2. The van der Waals surface area contributed by atoms with Crippen molar-refractivity contribution in [2.75, 3.05) is 0 Å². The van der Waals surface area contributed by atoms with Gasteiger partial charge in [-0.3, -0.25) is 0 Å². The first-order valence-corrected chi connectivity index (χ1v) is 17.1. The van der Waals surface area contributed by atoms with E-state index in [2.05, 4.69) is 130 Å². The molecule has 4 rings (SSSR count). The second-order valence-electron chi connectivity index (χ2n) is 11.2. The molecule has 0 saturated carbocycles. The van der Waals surface area contributed by atoms with Crippen LogP contribution in [0.25, 0.3) is 0 Å². The van der Waals surface area contributed by atoms with E-state index >= 15 is 0 Å². The molecule has 2 atom stereocenters. The summed E-state index contributed by atoms with van der Waals surface area (Å²) in [5, 5.41) is 0. The van der Waals surface area contributed by atoms with Crippen molar-refractivity contribution in [3.8, 4) is 11.5 Å². The van der Waals surface area contributed by atoms with E-state index in [1.165, 1.54) is 33.4 Å². The molecule has 0 spiro atoms. The zero-order valence-corrected chi connectivity index (χ0v) is 25.5. The third-order valence-corrected chi connectivity index (χ3v) is 20.0. The average Bonchev–Trinajstić information content (AvgIpc) is 3.18. The van der Waals surface area contributed by atoms with E-state index in [0.717, 1.165) is 22.6 Å². The van der Waals surface area contributed by atoms with Crippen molar-refractivity contribution < 1.29 is 26.8 Å². The van der Waals surface area contributed by atoms with Crippen molar-refractivity contribution in [1.82, 2.24) is 0 Å². The molecule has 0 aliphatic heterocycles. The fourth-order valence-corrected chi connectivity index (χ4v) is 18.5. The van der Waals surface area contributed by atoms with Gasteiger partial charge in [-0.15, -0.1) is 0 Å². The van der Waals surface area contributed by atoms with Crippen molar-refractivity contribution in [1.29, 1.82) is 0 Å². The Bertz CT molecular complexity index is 1210. The predicted molar refractivity (Wildman–Crippen MR) is 145 cm³/mol. The molecule has 0 N–H and O–H groups in total.